The molecule has 3 N–H and O–H groups in total. The zero-order chi connectivity index (χ0) is 13.7. The number of thiocarbonyl (C=S) groups is 1. The van der Waals surface area contributed by atoms with Gasteiger partial charge in [0.25, 0.3) is 0 Å². The van der Waals surface area contributed by atoms with Crippen LogP contribution in [0, 0.1) is 6.92 Å². The standard InChI is InChI=1S/C13H22N4S/c1-9(5-6-17(3)4)15-12-8-11(13(14)18)7-10(2)16-12/h7-9H,5-6H2,1-4H3,(H2,14,18)(H,15,16). The van der Waals surface area contributed by atoms with Crippen LogP contribution >= 0.6 is 12.2 Å². The predicted molar refractivity (Wildman–Crippen MR) is 81.1 cm³/mol. The van der Waals surface area contributed by atoms with Crippen LogP contribution in [-0.2, 0) is 0 Å². The Labute approximate surface area is 115 Å². The number of nitrogens with one attached hydrogen (secondary N) is 1. The molecule has 0 fully saturated rings. The van der Waals surface area contributed by atoms with Crippen molar-refractivity contribution in [3.63, 3.8) is 0 Å². The SMILES string of the molecule is Cc1cc(C(N)=S)cc(NC(C)CCN(C)C)n1. The van der Waals surface area contributed by atoms with E-state index >= 15 is 0 Å². The molecule has 1 aromatic rings. The predicted octanol–water partition coefficient (Wildman–Crippen LogP) is 1.78. The van der Waals surface area contributed by atoms with E-state index in [2.05, 4.69) is 36.2 Å². The molecule has 0 aliphatic carbocycles. The number of anilines is 1. The molecule has 4 nitrogen and oxygen atoms in total. The van der Waals surface area contributed by atoms with E-state index in [1.807, 2.05) is 19.1 Å². The minimum Gasteiger partial charge on any atom is -0.389 e. The molecule has 0 amide bonds. The lowest BCUT2D eigenvalue weighted by Gasteiger charge is -2.18. The molecule has 0 aliphatic rings. The highest BCUT2D eigenvalue weighted by Gasteiger charge is 2.06. The van der Waals surface area contributed by atoms with E-state index < -0.39 is 0 Å². The number of nitrogens with two attached hydrogens (primary N) is 1. The van der Waals surface area contributed by atoms with Crippen molar-refractivity contribution < 1.29 is 0 Å². The van der Waals surface area contributed by atoms with Crippen LogP contribution in [0.4, 0.5) is 5.82 Å². The molecular formula is C13H22N4S. The summed E-state index contributed by atoms with van der Waals surface area (Å²) < 4.78 is 0. The van der Waals surface area contributed by atoms with Gasteiger partial charge >= 0.3 is 0 Å². The number of aryl methyl sites for hydroxylation is 1. The Morgan fingerprint density at radius 3 is 2.72 bits per heavy atom. The quantitative estimate of drug-likeness (QED) is 0.769. The summed E-state index contributed by atoms with van der Waals surface area (Å²) in [6, 6.07) is 4.17. The van der Waals surface area contributed by atoms with Gasteiger partial charge in [-0.3, -0.25) is 0 Å². The van der Waals surface area contributed by atoms with Crippen molar-refractivity contribution in [2.45, 2.75) is 26.3 Å². The first-order chi connectivity index (χ1) is 8.38. The number of aromatic nitrogens is 1. The maximum Gasteiger partial charge on any atom is 0.127 e. The molecule has 0 saturated carbocycles. The molecule has 18 heavy (non-hydrogen) atoms. The Kier molecular flexibility index (Phi) is 5.50. The summed E-state index contributed by atoms with van der Waals surface area (Å²) in [5, 5.41) is 3.38. The van der Waals surface area contributed by atoms with Crippen LogP contribution in [0.2, 0.25) is 0 Å². The van der Waals surface area contributed by atoms with Gasteiger partial charge in [-0.15, -0.1) is 0 Å². The lowest BCUT2D eigenvalue weighted by atomic mass is 10.2. The van der Waals surface area contributed by atoms with E-state index in [4.69, 9.17) is 18.0 Å². The lowest BCUT2D eigenvalue weighted by molar-refractivity contribution is 0.390. The zero-order valence-electron chi connectivity index (χ0n) is 11.5. The molecular weight excluding hydrogens is 244 g/mol. The summed E-state index contributed by atoms with van der Waals surface area (Å²) in [4.78, 5) is 7.02. The fraction of sp³-hybridized carbons (Fsp3) is 0.538. The summed E-state index contributed by atoms with van der Waals surface area (Å²) in [6.07, 6.45) is 1.06. The third-order valence-electron chi connectivity index (χ3n) is 2.64. The second kappa shape index (κ2) is 6.66. The average Bonchev–Trinajstić information content (AvgIpc) is 2.25. The smallest absolute Gasteiger partial charge is 0.127 e. The van der Waals surface area contributed by atoms with Crippen LogP contribution in [-0.4, -0.2) is 41.6 Å². The van der Waals surface area contributed by atoms with Crippen LogP contribution in [0.3, 0.4) is 0 Å². The van der Waals surface area contributed by atoms with Gasteiger partial charge in [-0.05, 0) is 53.0 Å². The number of hydrogen-bond donors (Lipinski definition) is 2. The molecule has 1 atom stereocenters. The van der Waals surface area contributed by atoms with Crippen molar-refractivity contribution in [3.05, 3.63) is 23.4 Å². The average molecular weight is 266 g/mol. The van der Waals surface area contributed by atoms with Gasteiger partial charge < -0.3 is 16.0 Å². The number of rotatable bonds is 6. The van der Waals surface area contributed by atoms with Crippen molar-refractivity contribution in [1.29, 1.82) is 0 Å². The number of pyridine rings is 1. The van der Waals surface area contributed by atoms with Crippen LogP contribution in [0.5, 0.6) is 0 Å². The molecule has 1 heterocycles. The molecule has 0 radical (unpaired) electrons. The Hall–Kier alpha value is -1.20. The maximum atomic E-state index is 5.65. The first kappa shape index (κ1) is 14.9. The molecule has 100 valence electrons. The molecule has 1 aromatic heterocycles. The minimum absolute atomic E-state index is 0.362. The van der Waals surface area contributed by atoms with Crippen LogP contribution < -0.4 is 11.1 Å². The van der Waals surface area contributed by atoms with Crippen LogP contribution in [0.25, 0.3) is 0 Å². The minimum atomic E-state index is 0.362. The van der Waals surface area contributed by atoms with E-state index in [0.29, 0.717) is 11.0 Å². The summed E-state index contributed by atoms with van der Waals surface area (Å²) in [5.74, 6) is 0.837. The van der Waals surface area contributed by atoms with Gasteiger partial charge in [-0.2, -0.15) is 0 Å². The van der Waals surface area contributed by atoms with Crippen molar-refractivity contribution in [2.24, 2.45) is 5.73 Å². The number of hydrogen-bond acceptors (Lipinski definition) is 4. The van der Waals surface area contributed by atoms with E-state index in [1.54, 1.807) is 0 Å². The molecule has 5 heteroatoms. The number of nitrogens with zero attached hydrogens (tertiary/aromatic N) is 2. The van der Waals surface area contributed by atoms with Gasteiger partial charge in [-0.25, -0.2) is 4.98 Å². The monoisotopic (exact) mass is 266 g/mol. The van der Waals surface area contributed by atoms with Crippen molar-refractivity contribution in [2.75, 3.05) is 26.0 Å². The van der Waals surface area contributed by atoms with Crippen molar-refractivity contribution >= 4 is 23.0 Å². The largest absolute Gasteiger partial charge is 0.389 e. The van der Waals surface area contributed by atoms with E-state index in [9.17, 15) is 0 Å². The highest BCUT2D eigenvalue weighted by molar-refractivity contribution is 7.80. The molecule has 0 aromatic carbocycles. The lowest BCUT2D eigenvalue weighted by Crippen LogP contribution is -2.23. The van der Waals surface area contributed by atoms with Gasteiger partial charge in [0.15, 0.2) is 0 Å². The molecule has 0 spiro atoms. The van der Waals surface area contributed by atoms with Gasteiger partial charge in [0.1, 0.15) is 10.8 Å². The van der Waals surface area contributed by atoms with Gasteiger partial charge in [0.2, 0.25) is 0 Å². The topological polar surface area (TPSA) is 54.2 Å². The third-order valence-corrected chi connectivity index (χ3v) is 2.88. The Morgan fingerprint density at radius 2 is 2.17 bits per heavy atom. The fourth-order valence-corrected chi connectivity index (χ4v) is 1.78. The normalized spacial score (nSPS) is 12.5. The zero-order valence-corrected chi connectivity index (χ0v) is 12.3. The Morgan fingerprint density at radius 1 is 1.50 bits per heavy atom. The van der Waals surface area contributed by atoms with E-state index in [-0.39, 0.29) is 0 Å². The molecule has 1 unspecified atom stereocenters. The first-order valence-corrected chi connectivity index (χ1v) is 6.49. The fourth-order valence-electron chi connectivity index (χ4n) is 1.66. The molecule has 1 rings (SSSR count). The van der Waals surface area contributed by atoms with Gasteiger partial charge in [-0.1, -0.05) is 12.2 Å². The van der Waals surface area contributed by atoms with Crippen LogP contribution in [0.1, 0.15) is 24.6 Å². The maximum absolute atomic E-state index is 5.65. The van der Waals surface area contributed by atoms with Crippen molar-refractivity contribution in [3.8, 4) is 0 Å². The highest BCUT2D eigenvalue weighted by Crippen LogP contribution is 2.12. The van der Waals surface area contributed by atoms with E-state index in [1.165, 1.54) is 0 Å². The summed E-state index contributed by atoms with van der Waals surface area (Å²) in [5.41, 5.74) is 7.43. The summed E-state index contributed by atoms with van der Waals surface area (Å²) in [7, 11) is 4.14. The van der Waals surface area contributed by atoms with Crippen molar-refractivity contribution in [1.82, 2.24) is 9.88 Å². The third kappa shape index (κ3) is 4.98. The first-order valence-electron chi connectivity index (χ1n) is 6.08. The van der Waals surface area contributed by atoms with Gasteiger partial charge in [0.05, 0.1) is 0 Å². The molecule has 0 bridgehead atoms. The Balaban J connectivity index is 2.69. The second-order valence-electron chi connectivity index (χ2n) is 4.88. The summed E-state index contributed by atoms with van der Waals surface area (Å²) in [6.45, 7) is 5.13. The molecule has 0 aliphatic heterocycles. The highest BCUT2D eigenvalue weighted by atomic mass is 32.1. The van der Waals surface area contributed by atoms with Crippen LogP contribution in [0.15, 0.2) is 12.1 Å². The summed E-state index contributed by atoms with van der Waals surface area (Å²) >= 11 is 5.00. The van der Waals surface area contributed by atoms with Gasteiger partial charge in [0, 0.05) is 17.3 Å². The Bertz CT molecular complexity index is 417. The second-order valence-corrected chi connectivity index (χ2v) is 5.32. The van der Waals surface area contributed by atoms with E-state index in [0.717, 1.165) is 30.0 Å². The molecule has 0 saturated heterocycles.